The lowest BCUT2D eigenvalue weighted by atomic mass is 9.93. The minimum atomic E-state index is -4.45. The maximum absolute atomic E-state index is 12.2. The first kappa shape index (κ1) is 17.4. The van der Waals surface area contributed by atoms with Gasteiger partial charge in [-0.25, -0.2) is 4.79 Å². The van der Waals surface area contributed by atoms with Crippen LogP contribution in [-0.4, -0.2) is 36.1 Å². The average molecular weight is 332 g/mol. The molecule has 1 aromatic carbocycles. The number of halogens is 3. The molecule has 1 saturated carbocycles. The summed E-state index contributed by atoms with van der Waals surface area (Å²) in [7, 11) is 0. The van der Waals surface area contributed by atoms with Crippen molar-refractivity contribution in [1.82, 2.24) is 5.32 Å². The van der Waals surface area contributed by atoms with Crippen LogP contribution < -0.4 is 15.4 Å². The molecule has 0 aromatic heterocycles. The van der Waals surface area contributed by atoms with Gasteiger partial charge in [0, 0.05) is 6.04 Å². The lowest BCUT2D eigenvalue weighted by Gasteiger charge is -2.26. The number of amides is 2. The summed E-state index contributed by atoms with van der Waals surface area (Å²) in [6.45, 7) is -1.42. The summed E-state index contributed by atoms with van der Waals surface area (Å²) >= 11 is 0. The predicted octanol–water partition coefficient (Wildman–Crippen LogP) is 3.05. The molecule has 1 fully saturated rings. The summed E-state index contributed by atoms with van der Waals surface area (Å²) in [5.41, 5.74) is 0.171. The molecule has 0 atom stereocenters. The molecular weight excluding hydrogens is 313 g/mol. The Balaban J connectivity index is 1.90. The van der Waals surface area contributed by atoms with E-state index >= 15 is 0 Å². The number of carbonyl (C=O) groups is 1. The van der Waals surface area contributed by atoms with E-state index in [0.717, 1.165) is 0 Å². The molecular formula is C15H19F3N2O3. The standard InChI is InChI=1S/C15H19F3N2O3/c16-15(17,18)9-23-13-4-2-1-3-12(13)20-14(22)19-10-5-7-11(21)8-6-10/h1-4,10-11,21H,5-9H2,(H2,19,20,22). The van der Waals surface area contributed by atoms with E-state index in [-0.39, 0.29) is 23.6 Å². The zero-order valence-electron chi connectivity index (χ0n) is 12.4. The maximum Gasteiger partial charge on any atom is 0.422 e. The molecule has 0 spiro atoms. The lowest BCUT2D eigenvalue weighted by Crippen LogP contribution is -2.40. The zero-order chi connectivity index (χ0) is 16.9. The molecule has 0 unspecified atom stereocenters. The summed E-state index contributed by atoms with van der Waals surface area (Å²) < 4.78 is 41.4. The van der Waals surface area contributed by atoms with Gasteiger partial charge in [-0.3, -0.25) is 0 Å². The second-order valence-electron chi connectivity index (χ2n) is 5.50. The van der Waals surface area contributed by atoms with Gasteiger partial charge in [0.05, 0.1) is 11.8 Å². The van der Waals surface area contributed by atoms with Crippen LogP contribution in [0.3, 0.4) is 0 Å². The number of nitrogens with one attached hydrogen (secondary N) is 2. The number of benzene rings is 1. The van der Waals surface area contributed by atoms with Gasteiger partial charge in [0.25, 0.3) is 0 Å². The highest BCUT2D eigenvalue weighted by atomic mass is 19.4. The SMILES string of the molecule is O=C(Nc1ccccc1OCC(F)(F)F)NC1CCC(O)CC1. The van der Waals surface area contributed by atoms with Crippen molar-refractivity contribution < 1.29 is 27.8 Å². The summed E-state index contributed by atoms with van der Waals surface area (Å²) in [6.07, 6.45) is -2.19. The fourth-order valence-corrected chi connectivity index (χ4v) is 2.42. The Morgan fingerprint density at radius 3 is 2.52 bits per heavy atom. The molecule has 1 aromatic rings. The van der Waals surface area contributed by atoms with Gasteiger partial charge < -0.3 is 20.5 Å². The number of ether oxygens (including phenoxy) is 1. The van der Waals surface area contributed by atoms with Gasteiger partial charge >= 0.3 is 12.2 Å². The summed E-state index contributed by atoms with van der Waals surface area (Å²) in [4.78, 5) is 12.0. The molecule has 2 rings (SSSR count). The lowest BCUT2D eigenvalue weighted by molar-refractivity contribution is -0.153. The Hall–Kier alpha value is -1.96. The summed E-state index contributed by atoms with van der Waals surface area (Å²) in [5.74, 6) is -0.0426. The molecule has 128 valence electrons. The number of hydrogen-bond donors (Lipinski definition) is 3. The van der Waals surface area contributed by atoms with Gasteiger partial charge in [-0.05, 0) is 37.8 Å². The van der Waals surface area contributed by atoms with E-state index in [2.05, 4.69) is 10.6 Å². The molecule has 0 bridgehead atoms. The number of anilines is 1. The number of carbonyl (C=O) groups excluding carboxylic acids is 1. The van der Waals surface area contributed by atoms with Gasteiger partial charge in [-0.15, -0.1) is 0 Å². The molecule has 8 heteroatoms. The second kappa shape index (κ2) is 7.54. The number of aliphatic hydroxyl groups is 1. The first-order valence-corrected chi connectivity index (χ1v) is 7.37. The van der Waals surface area contributed by atoms with Gasteiger partial charge in [0.15, 0.2) is 6.61 Å². The molecule has 2 amide bonds. The second-order valence-corrected chi connectivity index (χ2v) is 5.50. The van der Waals surface area contributed by atoms with E-state index in [0.29, 0.717) is 25.7 Å². The number of rotatable bonds is 4. The van der Waals surface area contributed by atoms with Crippen molar-refractivity contribution in [2.24, 2.45) is 0 Å². The Morgan fingerprint density at radius 2 is 1.87 bits per heavy atom. The van der Waals surface area contributed by atoms with Crippen LogP contribution in [0.4, 0.5) is 23.7 Å². The van der Waals surface area contributed by atoms with E-state index in [4.69, 9.17) is 4.74 Å². The Morgan fingerprint density at radius 1 is 1.22 bits per heavy atom. The smallest absolute Gasteiger partial charge is 0.422 e. The maximum atomic E-state index is 12.2. The fourth-order valence-electron chi connectivity index (χ4n) is 2.42. The largest absolute Gasteiger partial charge is 0.482 e. The number of aliphatic hydroxyl groups excluding tert-OH is 1. The van der Waals surface area contributed by atoms with Crippen molar-refractivity contribution in [3.63, 3.8) is 0 Å². The topological polar surface area (TPSA) is 70.6 Å². The molecule has 23 heavy (non-hydrogen) atoms. The molecule has 0 heterocycles. The number of alkyl halides is 3. The van der Waals surface area contributed by atoms with Crippen LogP contribution in [0.25, 0.3) is 0 Å². The highest BCUT2D eigenvalue weighted by Crippen LogP contribution is 2.26. The first-order chi connectivity index (χ1) is 10.8. The first-order valence-electron chi connectivity index (χ1n) is 7.37. The van der Waals surface area contributed by atoms with Gasteiger partial charge in [-0.1, -0.05) is 12.1 Å². The number of hydrogen-bond acceptors (Lipinski definition) is 3. The van der Waals surface area contributed by atoms with Gasteiger partial charge in [0.2, 0.25) is 0 Å². The third kappa shape index (κ3) is 5.97. The fraction of sp³-hybridized carbons (Fsp3) is 0.533. The highest BCUT2D eigenvalue weighted by molar-refractivity contribution is 5.91. The van der Waals surface area contributed by atoms with E-state index in [1.807, 2.05) is 0 Å². The predicted molar refractivity (Wildman–Crippen MR) is 78.4 cm³/mol. The Bertz CT molecular complexity index is 529. The van der Waals surface area contributed by atoms with Crippen molar-refractivity contribution in [3.8, 4) is 5.75 Å². The molecule has 0 radical (unpaired) electrons. The van der Waals surface area contributed by atoms with Crippen LogP contribution >= 0.6 is 0 Å². The van der Waals surface area contributed by atoms with E-state index < -0.39 is 18.8 Å². The number of para-hydroxylation sites is 2. The summed E-state index contributed by atoms with van der Waals surface area (Å²) in [5, 5.41) is 14.7. The van der Waals surface area contributed by atoms with Crippen LogP contribution in [0.15, 0.2) is 24.3 Å². The van der Waals surface area contributed by atoms with E-state index in [1.54, 1.807) is 6.07 Å². The molecule has 5 nitrogen and oxygen atoms in total. The van der Waals surface area contributed by atoms with Crippen molar-refractivity contribution in [2.45, 2.75) is 44.0 Å². The third-order valence-electron chi connectivity index (χ3n) is 3.56. The van der Waals surface area contributed by atoms with Crippen molar-refractivity contribution in [2.75, 3.05) is 11.9 Å². The van der Waals surface area contributed by atoms with Crippen LogP contribution in [0.5, 0.6) is 5.75 Å². The zero-order valence-corrected chi connectivity index (χ0v) is 12.4. The highest BCUT2D eigenvalue weighted by Gasteiger charge is 2.29. The third-order valence-corrected chi connectivity index (χ3v) is 3.56. The Kier molecular flexibility index (Phi) is 5.70. The van der Waals surface area contributed by atoms with Crippen LogP contribution in [0, 0.1) is 0 Å². The van der Waals surface area contributed by atoms with Crippen LogP contribution in [0.2, 0.25) is 0 Å². The number of urea groups is 1. The van der Waals surface area contributed by atoms with Crippen LogP contribution in [-0.2, 0) is 0 Å². The molecule has 1 aliphatic carbocycles. The van der Waals surface area contributed by atoms with Crippen LogP contribution in [0.1, 0.15) is 25.7 Å². The molecule has 1 aliphatic rings. The van der Waals surface area contributed by atoms with Crippen molar-refractivity contribution >= 4 is 11.7 Å². The minimum Gasteiger partial charge on any atom is -0.482 e. The van der Waals surface area contributed by atoms with Crippen molar-refractivity contribution in [3.05, 3.63) is 24.3 Å². The van der Waals surface area contributed by atoms with Gasteiger partial charge in [-0.2, -0.15) is 13.2 Å². The molecule has 3 N–H and O–H groups in total. The molecule has 0 aliphatic heterocycles. The quantitative estimate of drug-likeness (QED) is 0.794. The minimum absolute atomic E-state index is 0.0426. The normalized spacial score (nSPS) is 21.6. The van der Waals surface area contributed by atoms with Gasteiger partial charge in [0.1, 0.15) is 5.75 Å². The van der Waals surface area contributed by atoms with E-state index in [1.165, 1.54) is 18.2 Å². The average Bonchev–Trinajstić information content (AvgIpc) is 2.48. The Labute approximate surface area is 131 Å². The monoisotopic (exact) mass is 332 g/mol. The van der Waals surface area contributed by atoms with E-state index in [9.17, 15) is 23.1 Å². The van der Waals surface area contributed by atoms with Crippen molar-refractivity contribution in [1.29, 1.82) is 0 Å². The molecule has 0 saturated heterocycles. The summed E-state index contributed by atoms with van der Waals surface area (Å²) in [6, 6.07) is 5.38.